The molecule has 2 aromatic rings. The largest absolute Gasteiger partial charge is 0.435 e. The van der Waals surface area contributed by atoms with Crippen LogP contribution in [0.3, 0.4) is 0 Å². The van der Waals surface area contributed by atoms with Crippen molar-refractivity contribution < 1.29 is 57.1 Å². The summed E-state index contributed by atoms with van der Waals surface area (Å²) < 4.78 is 174. The molecule has 0 spiro atoms. The zero-order valence-corrected chi connectivity index (χ0v) is 14.7. The Hall–Kier alpha value is -2.98. The number of nitrogens with zero attached hydrogens (tertiary/aromatic N) is 1. The normalized spacial score (nSPS) is 13.8. The van der Waals surface area contributed by atoms with Gasteiger partial charge in [0.15, 0.2) is 0 Å². The Kier molecular flexibility index (Phi) is 5.97. The molecule has 173 valence electrons. The van der Waals surface area contributed by atoms with Crippen molar-refractivity contribution >= 4 is 0 Å². The van der Waals surface area contributed by atoms with E-state index in [4.69, 9.17) is 5.26 Å². The molecule has 14 heteroatoms. The maximum atomic E-state index is 14.7. The van der Waals surface area contributed by atoms with Crippen LogP contribution in [0.1, 0.15) is 22.3 Å². The molecule has 1 nitrogen and oxygen atoms in total. The lowest BCUT2D eigenvalue weighted by Gasteiger charge is -2.33. The van der Waals surface area contributed by atoms with Crippen LogP contribution in [0.4, 0.5) is 57.1 Å². The van der Waals surface area contributed by atoms with Crippen LogP contribution in [-0.4, -0.2) is 12.4 Å². The van der Waals surface area contributed by atoms with Crippen molar-refractivity contribution in [2.75, 3.05) is 0 Å². The fraction of sp³-hybridized carbons (Fsp3) is 0.278. The summed E-state index contributed by atoms with van der Waals surface area (Å²) in [6.07, 6.45) is -25.9. The number of hydrogen-bond donors (Lipinski definition) is 0. The van der Waals surface area contributed by atoms with Crippen LogP contribution in [0.2, 0.25) is 0 Å². The van der Waals surface area contributed by atoms with Crippen molar-refractivity contribution in [2.45, 2.75) is 30.4 Å². The van der Waals surface area contributed by atoms with Crippen LogP contribution in [-0.2, 0) is 18.0 Å². The molecule has 0 fully saturated rings. The Bertz CT molecular complexity index is 1030. The van der Waals surface area contributed by atoms with E-state index >= 15 is 0 Å². The van der Waals surface area contributed by atoms with Crippen LogP contribution in [0.25, 0.3) is 11.1 Å². The number of halogens is 13. The van der Waals surface area contributed by atoms with E-state index in [1.54, 1.807) is 0 Å². The predicted molar refractivity (Wildman–Crippen MR) is 80.3 cm³/mol. The number of benzene rings is 2. The van der Waals surface area contributed by atoms with E-state index in [2.05, 4.69) is 0 Å². The molecule has 0 unspecified atom stereocenters. The van der Waals surface area contributed by atoms with Crippen LogP contribution >= 0.6 is 0 Å². The fourth-order valence-electron chi connectivity index (χ4n) is 2.73. The van der Waals surface area contributed by atoms with E-state index < -0.39 is 69.8 Å². The van der Waals surface area contributed by atoms with Crippen molar-refractivity contribution in [2.24, 2.45) is 0 Å². The maximum absolute atomic E-state index is 14.7. The first kappa shape index (κ1) is 25.3. The molecule has 0 bridgehead atoms. The molecule has 1 radical (unpaired) electrons. The molecule has 0 amide bonds. The monoisotopic (exact) mass is 482 g/mol. The number of hydrogen-bond acceptors (Lipinski definition) is 1. The molecule has 0 heterocycles. The van der Waals surface area contributed by atoms with Gasteiger partial charge in [-0.15, -0.1) is 0 Å². The third-order valence-electron chi connectivity index (χ3n) is 4.09. The third kappa shape index (κ3) is 4.33. The Labute approximate surface area is 169 Å². The van der Waals surface area contributed by atoms with Gasteiger partial charge in [-0.05, 0) is 23.8 Å². The van der Waals surface area contributed by atoms with Gasteiger partial charge in [-0.2, -0.15) is 57.9 Å². The van der Waals surface area contributed by atoms with Gasteiger partial charge < -0.3 is 0 Å². The lowest BCUT2D eigenvalue weighted by Crippen LogP contribution is -2.51. The maximum Gasteiger partial charge on any atom is 0.435 e. The average Bonchev–Trinajstić information content (AvgIpc) is 2.63. The summed E-state index contributed by atoms with van der Waals surface area (Å²) in [5.74, 6) is 0. The van der Waals surface area contributed by atoms with E-state index in [0.29, 0.717) is 18.2 Å². The van der Waals surface area contributed by atoms with E-state index in [0.717, 1.165) is 12.1 Å². The number of alkyl halides is 13. The van der Waals surface area contributed by atoms with Gasteiger partial charge in [-0.3, -0.25) is 0 Å². The minimum atomic E-state index is -7.01. The second-order valence-corrected chi connectivity index (χ2v) is 6.19. The van der Waals surface area contributed by atoms with Gasteiger partial charge in [0, 0.05) is 17.2 Å². The summed E-state index contributed by atoms with van der Waals surface area (Å²) in [4.78, 5) is 0. The molecular formula is C18H5F13N. The first-order valence-corrected chi connectivity index (χ1v) is 7.83. The van der Waals surface area contributed by atoms with Crippen molar-refractivity contribution in [1.82, 2.24) is 0 Å². The van der Waals surface area contributed by atoms with Gasteiger partial charge in [0.25, 0.3) is 0 Å². The highest BCUT2D eigenvalue weighted by Crippen LogP contribution is 2.57. The second-order valence-electron chi connectivity index (χ2n) is 6.19. The molecule has 0 aliphatic heterocycles. The number of nitriles is 1. The van der Waals surface area contributed by atoms with Crippen molar-refractivity contribution in [3.05, 3.63) is 58.7 Å². The summed E-state index contributed by atoms with van der Waals surface area (Å²) >= 11 is 0. The molecule has 2 aromatic carbocycles. The zero-order valence-electron chi connectivity index (χ0n) is 14.7. The van der Waals surface area contributed by atoms with Gasteiger partial charge in [-0.1, -0.05) is 12.1 Å². The topological polar surface area (TPSA) is 23.8 Å². The Balaban J connectivity index is 3.23. The van der Waals surface area contributed by atoms with E-state index in [-0.39, 0.29) is 0 Å². The minimum absolute atomic E-state index is 0.363. The summed E-state index contributed by atoms with van der Waals surface area (Å²) in [5, 5.41) is 8.81. The zero-order chi connectivity index (χ0) is 24.9. The molecule has 32 heavy (non-hydrogen) atoms. The highest BCUT2D eigenvalue weighted by atomic mass is 19.4. The molecule has 0 saturated heterocycles. The van der Waals surface area contributed by atoms with Crippen LogP contribution in [0, 0.1) is 17.4 Å². The lowest BCUT2D eigenvalue weighted by molar-refractivity contribution is -0.348. The van der Waals surface area contributed by atoms with Gasteiger partial charge in [0.05, 0.1) is 22.8 Å². The molecular weight excluding hydrogens is 477 g/mol. The van der Waals surface area contributed by atoms with Crippen molar-refractivity contribution in [3.63, 3.8) is 0 Å². The van der Waals surface area contributed by atoms with Crippen LogP contribution in [0.5, 0.6) is 0 Å². The summed E-state index contributed by atoms with van der Waals surface area (Å²) in [7, 11) is 0. The second kappa shape index (κ2) is 7.56. The molecule has 0 atom stereocenters. The smallest absolute Gasteiger partial charge is 0.218 e. The SMILES string of the molecule is N#Cc1cccc(-c2c(C(F)(F)F)[c]c(C(F)(F)F)cc2C(F)(C(F)(F)F)C(F)(F)F)c1. The van der Waals surface area contributed by atoms with Gasteiger partial charge in [-0.25, -0.2) is 4.39 Å². The first-order chi connectivity index (χ1) is 14.2. The van der Waals surface area contributed by atoms with Crippen molar-refractivity contribution in [3.8, 4) is 17.2 Å². The van der Waals surface area contributed by atoms with Gasteiger partial charge in [0.2, 0.25) is 0 Å². The molecule has 0 aliphatic rings. The standard InChI is InChI=1S/C18H5F13N/c19-14(17(26,27)28,18(29,30)31)11-5-10(15(20,21)22)6-12(16(23,24)25)13(11)9-3-1-2-8(4-9)7-32/h1-5H. The molecule has 0 aromatic heterocycles. The Morgan fingerprint density at radius 3 is 1.66 bits per heavy atom. The molecule has 2 rings (SSSR count). The number of rotatable bonds is 2. The predicted octanol–water partition coefficient (Wildman–Crippen LogP) is 7.35. The highest BCUT2D eigenvalue weighted by molar-refractivity contribution is 5.75. The summed E-state index contributed by atoms with van der Waals surface area (Å²) in [5.41, 5.74) is -19.1. The molecule has 0 N–H and O–H groups in total. The first-order valence-electron chi connectivity index (χ1n) is 7.83. The molecule has 0 saturated carbocycles. The van der Waals surface area contributed by atoms with Gasteiger partial charge >= 0.3 is 30.4 Å². The quantitative estimate of drug-likeness (QED) is 0.411. The summed E-state index contributed by atoms with van der Waals surface area (Å²) in [6, 6.07) is 3.49. The lowest BCUT2D eigenvalue weighted by atomic mass is 9.82. The highest BCUT2D eigenvalue weighted by Gasteiger charge is 2.74. The average molecular weight is 482 g/mol. The van der Waals surface area contributed by atoms with Crippen molar-refractivity contribution in [1.29, 1.82) is 5.26 Å². The van der Waals surface area contributed by atoms with E-state index in [1.807, 2.05) is 0 Å². The fourth-order valence-corrected chi connectivity index (χ4v) is 2.73. The Morgan fingerprint density at radius 1 is 0.719 bits per heavy atom. The summed E-state index contributed by atoms with van der Waals surface area (Å²) in [6.45, 7) is 0. The van der Waals surface area contributed by atoms with E-state index in [1.165, 1.54) is 6.07 Å². The molecule has 0 aliphatic carbocycles. The van der Waals surface area contributed by atoms with Crippen LogP contribution < -0.4 is 0 Å². The van der Waals surface area contributed by atoms with Crippen LogP contribution in [0.15, 0.2) is 30.3 Å². The minimum Gasteiger partial charge on any atom is -0.218 e. The Morgan fingerprint density at radius 2 is 1.25 bits per heavy atom. The third-order valence-corrected chi connectivity index (χ3v) is 4.09. The van der Waals surface area contributed by atoms with Gasteiger partial charge in [0.1, 0.15) is 0 Å². The van der Waals surface area contributed by atoms with E-state index in [9.17, 15) is 57.1 Å².